The summed E-state index contributed by atoms with van der Waals surface area (Å²) < 4.78 is 3.97. The molecule has 0 rings (SSSR count). The number of carbonyl (C=O) groups excluding carboxylic acids is 2. The molecular weight excluding hydrogens is 112 g/mol. The molecule has 3 amide bonds. The zero-order valence-electron chi connectivity index (χ0n) is 4.22. The number of imide groups is 1. The van der Waals surface area contributed by atoms with Gasteiger partial charge >= 0.3 is 12.1 Å². The molecule has 0 aromatic heterocycles. The highest BCUT2D eigenvalue weighted by molar-refractivity contribution is 5.89. The minimum atomic E-state index is -1.17. The van der Waals surface area contributed by atoms with E-state index in [4.69, 9.17) is 5.73 Å². The quantitative estimate of drug-likeness (QED) is 0.474. The molecule has 0 saturated carbocycles. The highest BCUT2D eigenvalue weighted by Crippen LogP contribution is 1.67. The van der Waals surface area contributed by atoms with Gasteiger partial charge in [-0.05, 0) is 0 Å². The Kier molecular flexibility index (Phi) is 2.39. The summed E-state index contributed by atoms with van der Waals surface area (Å²) in [7, 11) is 1.11. The van der Waals surface area contributed by atoms with Crippen LogP contribution in [0.1, 0.15) is 0 Å². The second kappa shape index (κ2) is 2.84. The number of hydrogen-bond acceptors (Lipinski definition) is 3. The average molecular weight is 117 g/mol. The molecule has 5 heteroatoms. The van der Waals surface area contributed by atoms with Crippen molar-refractivity contribution in [3.63, 3.8) is 0 Å². The van der Waals surface area contributed by atoms with Crippen LogP contribution in [0.25, 0.3) is 0 Å². The fourth-order valence-electron chi connectivity index (χ4n) is 0.144. The predicted molar refractivity (Wildman–Crippen MR) is 24.0 cm³/mol. The van der Waals surface area contributed by atoms with E-state index in [-0.39, 0.29) is 0 Å². The lowest BCUT2D eigenvalue weighted by atomic mass is 11.0. The van der Waals surface area contributed by atoms with Gasteiger partial charge in [-0.1, -0.05) is 0 Å². The van der Waals surface area contributed by atoms with Crippen LogP contribution in [-0.4, -0.2) is 19.2 Å². The minimum absolute atomic E-state index is 0.912. The maximum atomic E-state index is 9.95. The predicted octanol–water partition coefficient (Wildman–Crippen LogP) is -0.255. The Morgan fingerprint density at radius 3 is 2.25 bits per heavy atom. The van der Waals surface area contributed by atoms with Crippen LogP contribution in [0, 0.1) is 0 Å². The monoisotopic (exact) mass is 117 g/mol. The molecule has 0 aromatic rings. The molecule has 5 nitrogen and oxygen atoms in total. The molecule has 8 heavy (non-hydrogen) atoms. The average Bonchev–Trinajstić information content (AvgIpc) is 1.65. The topological polar surface area (TPSA) is 79.2 Å². The third kappa shape index (κ3) is 2.95. The Morgan fingerprint density at radius 2 is 2.12 bits per heavy atom. The second-order valence-electron chi connectivity index (χ2n) is 0.946. The number of ether oxygens (including phenoxy) is 1. The first-order valence-corrected chi connectivity index (χ1v) is 1.77. The van der Waals surface area contributed by atoms with Crippen LogP contribution in [0.15, 0.2) is 0 Å². The van der Waals surface area contributed by atoms with Crippen molar-refractivity contribution in [3.8, 4) is 0 Å². The highest BCUT2D eigenvalue weighted by Gasteiger charge is 1.99. The van der Waals surface area contributed by atoms with Gasteiger partial charge in [-0.3, -0.25) is 0 Å². The van der Waals surface area contributed by atoms with Crippen molar-refractivity contribution in [1.82, 2.24) is 11.1 Å². The van der Waals surface area contributed by atoms with E-state index in [9.17, 15) is 9.59 Å². The zero-order valence-corrected chi connectivity index (χ0v) is 4.22. The zero-order chi connectivity index (χ0) is 6.57. The summed E-state index contributed by atoms with van der Waals surface area (Å²) in [5.74, 6) is 0. The summed E-state index contributed by atoms with van der Waals surface area (Å²) in [6.45, 7) is 0. The molecule has 0 atom stereocenters. The van der Waals surface area contributed by atoms with E-state index < -0.39 is 12.1 Å². The van der Waals surface area contributed by atoms with Crippen LogP contribution >= 0.6 is 0 Å². The molecule has 0 bridgehead atoms. The number of methoxy groups -OCH3 is 1. The molecule has 0 unspecified atom stereocenters. The van der Waals surface area contributed by atoms with Crippen molar-refractivity contribution in [3.05, 3.63) is 0 Å². The Bertz CT molecular complexity index is 111. The van der Waals surface area contributed by atoms with Crippen LogP contribution < -0.4 is 11.1 Å². The molecular formula is C3H5N2O3. The summed E-state index contributed by atoms with van der Waals surface area (Å²) in [6, 6.07) is -1.17. The molecule has 0 heterocycles. The van der Waals surface area contributed by atoms with Crippen LogP contribution in [0.4, 0.5) is 9.59 Å². The van der Waals surface area contributed by atoms with Crippen molar-refractivity contribution in [2.45, 2.75) is 0 Å². The number of amides is 3. The molecule has 0 aliphatic carbocycles. The van der Waals surface area contributed by atoms with Gasteiger partial charge in [-0.2, -0.15) is 0 Å². The number of urea groups is 1. The van der Waals surface area contributed by atoms with E-state index >= 15 is 0 Å². The summed E-state index contributed by atoms with van der Waals surface area (Å²) in [6.07, 6.45) is -0.912. The lowest BCUT2D eigenvalue weighted by Gasteiger charge is -1.93. The third-order valence-corrected chi connectivity index (χ3v) is 0.401. The van der Waals surface area contributed by atoms with E-state index in [0.29, 0.717) is 0 Å². The largest absolute Gasteiger partial charge is 0.453 e. The SMILES string of the molecule is COC(=O)NC([NH])=O. The molecule has 0 spiro atoms. The van der Waals surface area contributed by atoms with E-state index in [2.05, 4.69) is 4.74 Å². The molecule has 0 aliphatic rings. The van der Waals surface area contributed by atoms with E-state index in [1.54, 1.807) is 5.32 Å². The van der Waals surface area contributed by atoms with Gasteiger partial charge < -0.3 is 4.74 Å². The Labute approximate surface area is 45.8 Å². The van der Waals surface area contributed by atoms with Crippen LogP contribution in [0.2, 0.25) is 0 Å². The first-order valence-electron chi connectivity index (χ1n) is 1.77. The van der Waals surface area contributed by atoms with Gasteiger partial charge in [0.1, 0.15) is 0 Å². The van der Waals surface area contributed by atoms with Crippen molar-refractivity contribution in [1.29, 1.82) is 0 Å². The van der Waals surface area contributed by atoms with Gasteiger partial charge in [-0.15, -0.1) is 0 Å². The number of nitrogens with one attached hydrogen (secondary N) is 2. The maximum absolute atomic E-state index is 9.95. The smallest absolute Gasteiger partial charge is 0.415 e. The van der Waals surface area contributed by atoms with Gasteiger partial charge in [0.2, 0.25) is 0 Å². The van der Waals surface area contributed by atoms with Crippen molar-refractivity contribution in [2.24, 2.45) is 0 Å². The summed E-state index contributed by atoms with van der Waals surface area (Å²) >= 11 is 0. The van der Waals surface area contributed by atoms with Crippen LogP contribution in [-0.2, 0) is 4.74 Å². The Hall–Kier alpha value is -1.26. The first kappa shape index (κ1) is 6.74. The molecule has 1 radical (unpaired) electrons. The lowest BCUT2D eigenvalue weighted by Crippen LogP contribution is -2.29. The van der Waals surface area contributed by atoms with E-state index in [1.165, 1.54) is 0 Å². The Balaban J connectivity index is 3.40. The van der Waals surface area contributed by atoms with Gasteiger partial charge in [0.05, 0.1) is 7.11 Å². The fraction of sp³-hybridized carbons (Fsp3) is 0.333. The van der Waals surface area contributed by atoms with Crippen LogP contribution in [0.5, 0.6) is 0 Å². The van der Waals surface area contributed by atoms with Gasteiger partial charge in [0.25, 0.3) is 0 Å². The Morgan fingerprint density at radius 1 is 1.62 bits per heavy atom. The van der Waals surface area contributed by atoms with Gasteiger partial charge in [-0.25, -0.2) is 20.6 Å². The van der Waals surface area contributed by atoms with Crippen LogP contribution in [0.3, 0.4) is 0 Å². The number of rotatable bonds is 0. The normalized spacial score (nSPS) is 7.62. The summed E-state index contributed by atoms with van der Waals surface area (Å²) in [4.78, 5) is 19.6. The summed E-state index contributed by atoms with van der Waals surface area (Å²) in [5, 5.41) is 1.56. The van der Waals surface area contributed by atoms with Gasteiger partial charge in [0.15, 0.2) is 0 Å². The third-order valence-electron chi connectivity index (χ3n) is 0.401. The number of carbonyl (C=O) groups is 2. The molecule has 0 aromatic carbocycles. The van der Waals surface area contributed by atoms with E-state index in [0.717, 1.165) is 7.11 Å². The van der Waals surface area contributed by atoms with Crippen molar-refractivity contribution >= 4 is 12.1 Å². The van der Waals surface area contributed by atoms with Crippen molar-refractivity contribution < 1.29 is 14.3 Å². The first-order chi connectivity index (χ1) is 3.66. The van der Waals surface area contributed by atoms with E-state index in [1.807, 2.05) is 0 Å². The number of hydrogen-bond donors (Lipinski definition) is 1. The second-order valence-corrected chi connectivity index (χ2v) is 0.946. The van der Waals surface area contributed by atoms with Crippen molar-refractivity contribution in [2.75, 3.05) is 7.11 Å². The molecule has 0 aliphatic heterocycles. The minimum Gasteiger partial charge on any atom is -0.453 e. The standard InChI is InChI=1S/C3H5N2O3/c1-8-3(7)5-2(4)6/h4H,1H3,(H,5,6,7). The summed E-state index contributed by atoms with van der Waals surface area (Å²) in [5.41, 5.74) is 6.16. The lowest BCUT2D eigenvalue weighted by molar-refractivity contribution is 0.171. The molecule has 0 saturated heterocycles. The van der Waals surface area contributed by atoms with Gasteiger partial charge in [0, 0.05) is 0 Å². The number of alkyl carbamates (subject to hydrolysis) is 1. The maximum Gasteiger partial charge on any atom is 0.415 e. The fourth-order valence-corrected chi connectivity index (χ4v) is 0.144. The molecule has 45 valence electrons. The highest BCUT2D eigenvalue weighted by atomic mass is 16.5. The molecule has 2 N–H and O–H groups in total. The molecule has 0 fully saturated rings.